The van der Waals surface area contributed by atoms with Crippen molar-refractivity contribution in [3.8, 4) is 5.75 Å². The molecule has 2 aromatic carbocycles. The molecule has 7 nitrogen and oxygen atoms in total. The number of carbonyl (C=O) groups excluding carboxylic acids is 2. The zero-order chi connectivity index (χ0) is 22.2. The predicted octanol–water partition coefficient (Wildman–Crippen LogP) is 3.01. The van der Waals surface area contributed by atoms with Crippen molar-refractivity contribution in [2.24, 2.45) is 5.92 Å². The molecule has 3 N–H and O–H groups in total. The number of carboxylic acids is 1. The van der Waals surface area contributed by atoms with Crippen molar-refractivity contribution in [3.63, 3.8) is 0 Å². The van der Waals surface area contributed by atoms with Gasteiger partial charge in [-0.15, -0.1) is 0 Å². The summed E-state index contributed by atoms with van der Waals surface area (Å²) in [4.78, 5) is 35.2. The molecule has 0 atom stereocenters. The Morgan fingerprint density at radius 3 is 1.81 bits per heavy atom. The summed E-state index contributed by atoms with van der Waals surface area (Å²) in [5, 5.41) is 14.4. The highest BCUT2D eigenvalue weighted by molar-refractivity contribution is 5.95. The second kappa shape index (κ2) is 10.6. The van der Waals surface area contributed by atoms with Crippen LogP contribution in [-0.2, 0) is 4.79 Å². The summed E-state index contributed by atoms with van der Waals surface area (Å²) in [6.07, 6.45) is 2.60. The SMILES string of the molecule is O=C(NCCNC(=O)c1ccc(O[C@H]2CC[C@@H](C(=O)O)CC2)cc1)c1ccc(F)cc1. The fraction of sp³-hybridized carbons (Fsp3) is 0.348. The molecule has 0 spiro atoms. The summed E-state index contributed by atoms with van der Waals surface area (Å²) < 4.78 is 18.8. The molecule has 0 aliphatic heterocycles. The summed E-state index contributed by atoms with van der Waals surface area (Å²) >= 11 is 0. The highest BCUT2D eigenvalue weighted by Crippen LogP contribution is 2.28. The lowest BCUT2D eigenvalue weighted by molar-refractivity contribution is -0.143. The molecular weight excluding hydrogens is 403 g/mol. The van der Waals surface area contributed by atoms with Gasteiger partial charge in [0.05, 0.1) is 12.0 Å². The minimum Gasteiger partial charge on any atom is -0.490 e. The number of ether oxygens (including phenoxy) is 1. The van der Waals surface area contributed by atoms with E-state index in [4.69, 9.17) is 9.84 Å². The maximum Gasteiger partial charge on any atom is 0.306 e. The Hall–Kier alpha value is -3.42. The van der Waals surface area contributed by atoms with Crippen LogP contribution < -0.4 is 15.4 Å². The molecule has 164 valence electrons. The summed E-state index contributed by atoms with van der Waals surface area (Å²) in [6.45, 7) is 0.485. The highest BCUT2D eigenvalue weighted by atomic mass is 19.1. The third-order valence-corrected chi connectivity index (χ3v) is 5.25. The fourth-order valence-electron chi connectivity index (χ4n) is 3.46. The maximum absolute atomic E-state index is 12.9. The van der Waals surface area contributed by atoms with Gasteiger partial charge in [-0.1, -0.05) is 0 Å². The third-order valence-electron chi connectivity index (χ3n) is 5.25. The Morgan fingerprint density at radius 1 is 0.839 bits per heavy atom. The smallest absolute Gasteiger partial charge is 0.306 e. The Labute approximate surface area is 179 Å². The van der Waals surface area contributed by atoms with Gasteiger partial charge in [0.25, 0.3) is 11.8 Å². The van der Waals surface area contributed by atoms with Gasteiger partial charge in [0.15, 0.2) is 0 Å². The number of hydrogen-bond acceptors (Lipinski definition) is 4. The number of benzene rings is 2. The Bertz CT molecular complexity index is 907. The molecule has 0 saturated heterocycles. The molecule has 0 heterocycles. The van der Waals surface area contributed by atoms with E-state index in [1.165, 1.54) is 24.3 Å². The first-order chi connectivity index (χ1) is 14.9. The van der Waals surface area contributed by atoms with Crippen molar-refractivity contribution >= 4 is 17.8 Å². The normalized spacial score (nSPS) is 18.1. The molecule has 2 amide bonds. The van der Waals surface area contributed by atoms with E-state index in [-0.39, 0.29) is 36.9 Å². The van der Waals surface area contributed by atoms with Crippen LogP contribution in [-0.4, -0.2) is 42.1 Å². The van der Waals surface area contributed by atoms with Gasteiger partial charge in [0.2, 0.25) is 0 Å². The number of amides is 2. The Morgan fingerprint density at radius 2 is 1.32 bits per heavy atom. The molecule has 31 heavy (non-hydrogen) atoms. The molecule has 1 fully saturated rings. The summed E-state index contributed by atoms with van der Waals surface area (Å²) in [5.41, 5.74) is 0.812. The lowest BCUT2D eigenvalue weighted by Gasteiger charge is -2.26. The van der Waals surface area contributed by atoms with Crippen LogP contribution >= 0.6 is 0 Å². The number of rotatable bonds is 8. The van der Waals surface area contributed by atoms with Crippen molar-refractivity contribution in [2.75, 3.05) is 13.1 Å². The zero-order valence-electron chi connectivity index (χ0n) is 17.0. The lowest BCUT2D eigenvalue weighted by atomic mass is 9.87. The van der Waals surface area contributed by atoms with Crippen LogP contribution in [0.5, 0.6) is 5.75 Å². The topological polar surface area (TPSA) is 105 Å². The number of carbonyl (C=O) groups is 3. The number of nitrogens with one attached hydrogen (secondary N) is 2. The summed E-state index contributed by atoms with van der Waals surface area (Å²) in [6, 6.07) is 12.0. The number of halogens is 1. The maximum atomic E-state index is 12.9. The lowest BCUT2D eigenvalue weighted by Crippen LogP contribution is -2.34. The van der Waals surface area contributed by atoms with E-state index in [1.54, 1.807) is 24.3 Å². The van der Waals surface area contributed by atoms with Gasteiger partial charge in [0.1, 0.15) is 11.6 Å². The van der Waals surface area contributed by atoms with Gasteiger partial charge in [-0.25, -0.2) is 4.39 Å². The van der Waals surface area contributed by atoms with Crippen molar-refractivity contribution in [2.45, 2.75) is 31.8 Å². The van der Waals surface area contributed by atoms with Crippen LogP contribution in [0, 0.1) is 11.7 Å². The largest absolute Gasteiger partial charge is 0.490 e. The molecular formula is C23H25FN2O5. The van der Waals surface area contributed by atoms with Gasteiger partial charge in [-0.2, -0.15) is 0 Å². The van der Waals surface area contributed by atoms with Gasteiger partial charge < -0.3 is 20.5 Å². The summed E-state index contributed by atoms with van der Waals surface area (Å²) in [7, 11) is 0. The molecule has 2 aromatic rings. The van der Waals surface area contributed by atoms with Crippen molar-refractivity contribution in [1.29, 1.82) is 0 Å². The first-order valence-electron chi connectivity index (χ1n) is 10.2. The summed E-state index contributed by atoms with van der Waals surface area (Å²) in [5.74, 6) is -1.42. The van der Waals surface area contributed by atoms with Gasteiger partial charge in [0, 0.05) is 24.2 Å². The van der Waals surface area contributed by atoms with E-state index in [2.05, 4.69) is 10.6 Å². The molecule has 1 aliphatic carbocycles. The Kier molecular flexibility index (Phi) is 7.59. The highest BCUT2D eigenvalue weighted by Gasteiger charge is 2.26. The minimum atomic E-state index is -0.746. The van der Waals surface area contributed by atoms with E-state index in [1.807, 2.05) is 0 Å². The van der Waals surface area contributed by atoms with Crippen LogP contribution in [0.3, 0.4) is 0 Å². The molecule has 0 bridgehead atoms. The molecule has 1 saturated carbocycles. The van der Waals surface area contributed by atoms with Crippen LogP contribution in [0.2, 0.25) is 0 Å². The molecule has 8 heteroatoms. The van der Waals surface area contributed by atoms with Crippen LogP contribution in [0.1, 0.15) is 46.4 Å². The van der Waals surface area contributed by atoms with Gasteiger partial charge in [-0.3, -0.25) is 14.4 Å². The monoisotopic (exact) mass is 428 g/mol. The van der Waals surface area contributed by atoms with Crippen LogP contribution in [0.25, 0.3) is 0 Å². The first-order valence-corrected chi connectivity index (χ1v) is 10.2. The molecule has 3 rings (SSSR count). The fourth-order valence-corrected chi connectivity index (χ4v) is 3.46. The van der Waals surface area contributed by atoms with E-state index in [0.717, 1.165) is 0 Å². The predicted molar refractivity (Wildman–Crippen MR) is 112 cm³/mol. The Balaban J connectivity index is 1.38. The van der Waals surface area contributed by atoms with Gasteiger partial charge >= 0.3 is 5.97 Å². The van der Waals surface area contributed by atoms with Gasteiger partial charge in [-0.05, 0) is 74.2 Å². The minimum absolute atomic E-state index is 0.0139. The number of carboxylic acid groups (broad SMARTS) is 1. The standard InChI is InChI=1S/C23H25FN2O5/c24-18-7-1-15(2-8-18)21(27)25-13-14-26-22(28)16-3-9-19(10-4-16)31-20-11-5-17(6-12-20)23(29)30/h1-4,7-10,17,20H,5-6,11-14H2,(H,25,27)(H,26,28)(H,29,30)/t17-,20+. The van der Waals surface area contributed by atoms with Crippen molar-refractivity contribution < 1.29 is 28.6 Å². The quantitative estimate of drug-likeness (QED) is 0.561. The van der Waals surface area contributed by atoms with Crippen LogP contribution in [0.15, 0.2) is 48.5 Å². The average Bonchev–Trinajstić information content (AvgIpc) is 2.78. The van der Waals surface area contributed by atoms with Crippen molar-refractivity contribution in [1.82, 2.24) is 10.6 Å². The third kappa shape index (κ3) is 6.53. The van der Waals surface area contributed by atoms with Crippen molar-refractivity contribution in [3.05, 3.63) is 65.5 Å². The number of aliphatic carboxylic acids is 1. The zero-order valence-corrected chi connectivity index (χ0v) is 17.0. The molecule has 0 radical (unpaired) electrons. The average molecular weight is 428 g/mol. The second-order valence-electron chi connectivity index (χ2n) is 7.47. The van der Waals surface area contributed by atoms with E-state index < -0.39 is 11.8 Å². The van der Waals surface area contributed by atoms with E-state index in [0.29, 0.717) is 42.6 Å². The molecule has 0 unspecified atom stereocenters. The second-order valence-corrected chi connectivity index (χ2v) is 7.47. The van der Waals surface area contributed by atoms with E-state index in [9.17, 15) is 18.8 Å². The first kappa shape index (κ1) is 22.3. The molecule has 1 aliphatic rings. The van der Waals surface area contributed by atoms with E-state index >= 15 is 0 Å². The van der Waals surface area contributed by atoms with Crippen LogP contribution in [0.4, 0.5) is 4.39 Å². The number of hydrogen-bond donors (Lipinski definition) is 3. The molecule has 0 aromatic heterocycles.